The average molecular weight is 772 g/mol. The number of thioether (sulfide) groups is 1. The Bertz CT molecular complexity index is 1420. The molecule has 3 rings (SSSR count). The van der Waals surface area contributed by atoms with Crippen molar-refractivity contribution in [1.29, 1.82) is 0 Å². The monoisotopic (exact) mass is 771 g/mol. The van der Waals surface area contributed by atoms with Gasteiger partial charge in [0.2, 0.25) is 5.91 Å². The maximum atomic E-state index is 13.4. The molecule has 8 N–H and O–H groups in total. The van der Waals surface area contributed by atoms with Crippen LogP contribution in [-0.2, 0) is 45.9 Å². The predicted molar refractivity (Wildman–Crippen MR) is 187 cm³/mol. The molecule has 0 spiro atoms. The second-order valence-electron chi connectivity index (χ2n) is 12.9. The smallest absolute Gasteiger partial charge is 0.407 e. The topological polar surface area (TPSA) is 209 Å². The van der Waals surface area contributed by atoms with Gasteiger partial charge in [0.05, 0.1) is 38.4 Å². The maximum absolute atomic E-state index is 13.4. The number of carbonyl (C=O) groups excluding carboxylic acids is 4. The molecule has 1 saturated heterocycles. The van der Waals surface area contributed by atoms with Crippen molar-refractivity contribution in [3.8, 4) is 11.1 Å². The van der Waals surface area contributed by atoms with Crippen molar-refractivity contribution in [1.82, 2.24) is 16.0 Å². The normalized spacial score (nSPS) is 21.3. The van der Waals surface area contributed by atoms with Crippen molar-refractivity contribution in [2.75, 3.05) is 38.3 Å². The molecule has 3 amide bonds. The molecule has 2 aromatic rings. The summed E-state index contributed by atoms with van der Waals surface area (Å²) in [6.45, 7) is 6.63. The summed E-state index contributed by atoms with van der Waals surface area (Å²) in [4.78, 5) is 51.7. The molecule has 1 heterocycles. The molecule has 0 bridgehead atoms. The van der Waals surface area contributed by atoms with Gasteiger partial charge in [-0.1, -0.05) is 42.5 Å². The van der Waals surface area contributed by atoms with E-state index in [-0.39, 0.29) is 30.4 Å². The van der Waals surface area contributed by atoms with Crippen LogP contribution in [0.25, 0.3) is 11.1 Å². The van der Waals surface area contributed by atoms with Gasteiger partial charge >= 0.3 is 12.1 Å². The largest absolute Gasteiger partial charge is 0.465 e. The summed E-state index contributed by atoms with van der Waals surface area (Å²) in [7, 11) is 1.14. The Kier molecular flexibility index (Phi) is 17.9. The van der Waals surface area contributed by atoms with E-state index in [1.165, 1.54) is 6.92 Å². The fourth-order valence-corrected chi connectivity index (χ4v) is 6.14. The van der Waals surface area contributed by atoms with Crippen LogP contribution in [0.15, 0.2) is 54.6 Å². The molecule has 16 heteroatoms. The maximum Gasteiger partial charge on any atom is 0.407 e. The summed E-state index contributed by atoms with van der Waals surface area (Å²) >= 11 is 1.66. The number of aliphatic hydroxyl groups is 2. The Labute approximate surface area is 314 Å². The molecular formula is C35H51CrN4O10S+. The minimum atomic E-state index is -2.14. The second-order valence-corrected chi connectivity index (χ2v) is 14.1. The number of aliphatic hydroxyl groups excluding tert-OH is 2. The van der Waals surface area contributed by atoms with E-state index in [4.69, 9.17) is 18.9 Å². The number of amides is 3. The summed E-state index contributed by atoms with van der Waals surface area (Å²) < 4.78 is 22.7. The number of benzene rings is 2. The number of carbonyl (C=O) groups is 4. The third-order valence-electron chi connectivity index (χ3n) is 7.68. The predicted octanol–water partition coefficient (Wildman–Crippen LogP) is 1.24. The number of rotatable bonds is 16. The summed E-state index contributed by atoms with van der Waals surface area (Å²) in [5, 5.41) is 30.6. The molecule has 0 radical (unpaired) electrons. The van der Waals surface area contributed by atoms with Gasteiger partial charge in [0.25, 0.3) is 11.7 Å². The van der Waals surface area contributed by atoms with Crippen molar-refractivity contribution in [2.45, 2.75) is 82.3 Å². The molecule has 2 aromatic carbocycles. The van der Waals surface area contributed by atoms with Crippen molar-refractivity contribution < 1.29 is 71.4 Å². The first-order valence-corrected chi connectivity index (χ1v) is 17.7. The van der Waals surface area contributed by atoms with E-state index in [0.29, 0.717) is 17.7 Å². The molecule has 0 unspecified atom stereocenters. The van der Waals surface area contributed by atoms with Gasteiger partial charge in [0.15, 0.2) is 0 Å². The van der Waals surface area contributed by atoms with Crippen LogP contribution in [0.1, 0.15) is 50.9 Å². The number of alkyl carbamates (subject to hydrolysis) is 1. The third kappa shape index (κ3) is 13.4. The van der Waals surface area contributed by atoms with E-state index >= 15 is 0 Å². The van der Waals surface area contributed by atoms with Gasteiger partial charge in [0, 0.05) is 48.6 Å². The van der Waals surface area contributed by atoms with Crippen LogP contribution in [0, 0.1) is 0 Å². The fraction of sp³-hybridized carbons (Fsp3) is 0.543. The van der Waals surface area contributed by atoms with Crippen molar-refractivity contribution in [2.24, 2.45) is 0 Å². The zero-order valence-electron chi connectivity index (χ0n) is 29.7. The second kappa shape index (κ2) is 20.7. The van der Waals surface area contributed by atoms with Crippen LogP contribution >= 0.6 is 11.8 Å². The summed E-state index contributed by atoms with van der Waals surface area (Å²) in [5.74, 6) is -2.58. The third-order valence-corrected chi connectivity index (χ3v) is 8.84. The number of hydrogen-bond acceptors (Lipinski definition) is 11. The van der Waals surface area contributed by atoms with Gasteiger partial charge in [-0.05, 0) is 56.2 Å². The van der Waals surface area contributed by atoms with E-state index < -0.39 is 72.2 Å². The van der Waals surface area contributed by atoms with Crippen molar-refractivity contribution in [3.05, 3.63) is 60.2 Å². The van der Waals surface area contributed by atoms with E-state index in [2.05, 4.69) is 21.7 Å². The molecular weight excluding hydrogens is 720 g/mol. The van der Waals surface area contributed by atoms with Gasteiger partial charge in [0.1, 0.15) is 17.8 Å². The first kappa shape index (κ1) is 44.0. The van der Waals surface area contributed by atoms with Gasteiger partial charge in [-0.2, -0.15) is 11.8 Å². The van der Waals surface area contributed by atoms with E-state index in [9.17, 15) is 29.4 Å². The molecule has 51 heavy (non-hydrogen) atoms. The van der Waals surface area contributed by atoms with Gasteiger partial charge in [-0.3, -0.25) is 9.59 Å². The first-order valence-electron chi connectivity index (χ1n) is 16.5. The molecule has 1 aliphatic rings. The fourth-order valence-electron chi connectivity index (χ4n) is 5.41. The van der Waals surface area contributed by atoms with Gasteiger partial charge in [-0.25, -0.2) is 9.59 Å². The van der Waals surface area contributed by atoms with E-state index in [0.717, 1.165) is 30.5 Å². The zero-order chi connectivity index (χ0) is 36.9. The Morgan fingerprint density at radius 1 is 1.02 bits per heavy atom. The molecule has 1 fully saturated rings. The van der Waals surface area contributed by atoms with Crippen LogP contribution in [0.5, 0.6) is 0 Å². The summed E-state index contributed by atoms with van der Waals surface area (Å²) in [6.07, 6.45) is -5.66. The SMILES string of the molecule is COC(=O)[C@@]1(OCCCSCC[NH3+])C[C@H](NC(=O)OC(C)(C)C)[C@@H](NC(C)=O)[C@H]([C@H](O)[C@H](O)CNC(=O)c2ccc(-c3ccccc3)cc2)O1.[Cr]. The average Bonchev–Trinajstić information content (AvgIpc) is 3.08. The first-order chi connectivity index (χ1) is 23.7. The van der Waals surface area contributed by atoms with Gasteiger partial charge < -0.3 is 50.8 Å². The molecule has 14 nitrogen and oxygen atoms in total. The molecule has 282 valence electrons. The quantitative estimate of drug-likeness (QED) is 0.106. The number of nitrogens with one attached hydrogen (secondary N) is 3. The van der Waals surface area contributed by atoms with Gasteiger partial charge in [-0.15, -0.1) is 0 Å². The number of methoxy groups -OCH3 is 1. The summed E-state index contributed by atoms with van der Waals surface area (Å²) in [5.41, 5.74) is 5.16. The van der Waals surface area contributed by atoms with Crippen LogP contribution < -0.4 is 21.7 Å². The van der Waals surface area contributed by atoms with E-state index in [1.54, 1.807) is 56.8 Å². The van der Waals surface area contributed by atoms with Crippen LogP contribution in [-0.4, -0.2) is 114 Å². The Morgan fingerprint density at radius 3 is 2.25 bits per heavy atom. The number of esters is 1. The molecule has 0 saturated carbocycles. The molecule has 0 aromatic heterocycles. The molecule has 6 atom stereocenters. The Hall–Kier alpha value is -3.20. The zero-order valence-corrected chi connectivity index (χ0v) is 31.8. The standard InChI is InChI=1S/C35H50N4O10S.Cr/c1-22(40)38-28-26(39-33(45)49-34(2,3)4)20-35(32(44)46-5,47-17-9-18-50-19-16-36)48-30(28)29(42)27(41)21-37-31(43)25-14-12-24(13-15-25)23-10-7-6-8-11-23;/h6-8,10-15,26-30,41-42H,9,16-21,36H2,1-5H3,(H,37,43)(H,38,40)(H,39,45);/p+1/t26-,27+,28+,29+,30+,35+;/m0./s1. The van der Waals surface area contributed by atoms with Crippen molar-refractivity contribution >= 4 is 35.6 Å². The summed E-state index contributed by atoms with van der Waals surface area (Å²) in [6, 6.07) is 14.2. The number of ether oxygens (including phenoxy) is 4. The number of quaternary nitrogens is 1. The van der Waals surface area contributed by atoms with E-state index in [1.807, 2.05) is 30.3 Å². The Morgan fingerprint density at radius 2 is 1.67 bits per heavy atom. The van der Waals surface area contributed by atoms with Crippen molar-refractivity contribution in [3.63, 3.8) is 0 Å². The van der Waals surface area contributed by atoms with Crippen LogP contribution in [0.3, 0.4) is 0 Å². The van der Waals surface area contributed by atoms with Crippen LogP contribution in [0.2, 0.25) is 0 Å². The minimum Gasteiger partial charge on any atom is -0.465 e. The number of hydrogen-bond donors (Lipinski definition) is 6. The Balaban J connectivity index is 0.00000901. The molecule has 0 aliphatic carbocycles. The minimum absolute atomic E-state index is 0. The van der Waals surface area contributed by atoms with Crippen LogP contribution in [0.4, 0.5) is 4.79 Å². The molecule has 1 aliphatic heterocycles.